The summed E-state index contributed by atoms with van der Waals surface area (Å²) in [6, 6.07) is 2.60. The monoisotopic (exact) mass is 344 g/mol. The Morgan fingerprint density at radius 2 is 2.25 bits per heavy atom. The molecule has 7 heteroatoms. The zero-order chi connectivity index (χ0) is 16.7. The van der Waals surface area contributed by atoms with E-state index in [-0.39, 0.29) is 0 Å². The van der Waals surface area contributed by atoms with Crippen LogP contribution in [0.3, 0.4) is 0 Å². The first-order valence-corrected chi connectivity index (χ1v) is 9.63. The molecule has 2 N–H and O–H groups in total. The number of aromatic nitrogens is 5. The third-order valence-electron chi connectivity index (χ3n) is 4.99. The first-order chi connectivity index (χ1) is 11.7. The average molecular weight is 344 g/mol. The fourth-order valence-electron chi connectivity index (χ4n) is 3.86. The average Bonchev–Trinajstić information content (AvgIpc) is 3.28. The van der Waals surface area contributed by atoms with E-state index in [4.69, 9.17) is 0 Å². The van der Waals surface area contributed by atoms with Crippen molar-refractivity contribution in [3.8, 4) is 0 Å². The fraction of sp³-hybridized carbons (Fsp3) is 0.588. The van der Waals surface area contributed by atoms with E-state index in [1.54, 1.807) is 6.20 Å². The van der Waals surface area contributed by atoms with Crippen LogP contribution in [0.4, 0.5) is 0 Å². The van der Waals surface area contributed by atoms with Crippen molar-refractivity contribution < 1.29 is 0 Å². The van der Waals surface area contributed by atoms with Gasteiger partial charge >= 0.3 is 0 Å². The number of fused-ring (bicyclic) bond motifs is 3. The van der Waals surface area contributed by atoms with Gasteiger partial charge in [0, 0.05) is 23.4 Å². The Balaban J connectivity index is 1.69. The molecule has 0 amide bonds. The highest BCUT2D eigenvalue weighted by atomic mass is 32.2. The molecule has 0 bridgehead atoms. The standard InChI is InChI=1S/C17H24N6S/c1-4-11-7-12(22-24-10(2)3)8-13(11)17-21-20-15-9-19-16-14(23(15)17)5-6-18-16/h5-6,9-13,18,22H,4,7-8H2,1-3H3. The molecule has 3 heterocycles. The molecule has 1 aliphatic rings. The van der Waals surface area contributed by atoms with Gasteiger partial charge < -0.3 is 4.98 Å². The van der Waals surface area contributed by atoms with Crippen LogP contribution in [0.2, 0.25) is 0 Å². The molecule has 3 aromatic heterocycles. The van der Waals surface area contributed by atoms with Crippen molar-refractivity contribution in [2.45, 2.75) is 57.2 Å². The van der Waals surface area contributed by atoms with E-state index in [0.29, 0.717) is 23.1 Å². The van der Waals surface area contributed by atoms with Crippen molar-refractivity contribution in [1.29, 1.82) is 0 Å². The number of hydrogen-bond donors (Lipinski definition) is 2. The molecule has 1 aliphatic carbocycles. The zero-order valence-corrected chi connectivity index (χ0v) is 15.2. The lowest BCUT2D eigenvalue weighted by molar-refractivity contribution is 0.449. The van der Waals surface area contributed by atoms with Gasteiger partial charge in [-0.05, 0) is 24.8 Å². The number of hydrogen-bond acceptors (Lipinski definition) is 5. The third-order valence-corrected chi connectivity index (χ3v) is 5.93. The molecular formula is C17H24N6S. The molecule has 3 unspecified atom stereocenters. The summed E-state index contributed by atoms with van der Waals surface area (Å²) in [6.45, 7) is 6.73. The van der Waals surface area contributed by atoms with E-state index >= 15 is 0 Å². The van der Waals surface area contributed by atoms with Gasteiger partial charge in [0.15, 0.2) is 11.3 Å². The maximum atomic E-state index is 4.56. The highest BCUT2D eigenvalue weighted by Crippen LogP contribution is 2.42. The van der Waals surface area contributed by atoms with Crippen LogP contribution in [-0.2, 0) is 0 Å². The van der Waals surface area contributed by atoms with Crippen LogP contribution in [0.25, 0.3) is 16.8 Å². The molecule has 0 saturated heterocycles. The topological polar surface area (TPSA) is 70.9 Å². The first kappa shape index (κ1) is 15.9. The summed E-state index contributed by atoms with van der Waals surface area (Å²) in [7, 11) is 0. The lowest BCUT2D eigenvalue weighted by Gasteiger charge is -2.16. The molecule has 4 rings (SSSR count). The highest BCUT2D eigenvalue weighted by molar-refractivity contribution is 7.98. The SMILES string of the molecule is CCC1CC(NSC(C)C)CC1c1nnc2cnc3[nH]ccc3n12. The molecule has 1 fully saturated rings. The van der Waals surface area contributed by atoms with Crippen LogP contribution in [0.5, 0.6) is 0 Å². The number of nitrogens with one attached hydrogen (secondary N) is 2. The molecule has 6 nitrogen and oxygen atoms in total. The highest BCUT2D eigenvalue weighted by Gasteiger charge is 2.37. The van der Waals surface area contributed by atoms with Gasteiger partial charge in [-0.25, -0.2) is 4.98 Å². The maximum Gasteiger partial charge on any atom is 0.179 e. The summed E-state index contributed by atoms with van der Waals surface area (Å²) < 4.78 is 5.84. The van der Waals surface area contributed by atoms with Crippen LogP contribution >= 0.6 is 11.9 Å². The Bertz CT molecular complexity index is 838. The number of rotatable bonds is 5. The summed E-state index contributed by atoms with van der Waals surface area (Å²) in [5, 5.41) is 9.53. The molecular weight excluding hydrogens is 320 g/mol. The number of H-pyrrole nitrogens is 1. The molecule has 24 heavy (non-hydrogen) atoms. The molecule has 3 atom stereocenters. The molecule has 3 aromatic rings. The molecule has 0 aromatic carbocycles. The Kier molecular flexibility index (Phi) is 4.22. The Morgan fingerprint density at radius 3 is 3.04 bits per heavy atom. The minimum Gasteiger partial charge on any atom is -0.345 e. The molecule has 0 radical (unpaired) electrons. The van der Waals surface area contributed by atoms with Crippen LogP contribution < -0.4 is 4.72 Å². The molecule has 0 aliphatic heterocycles. The normalized spacial score (nSPS) is 24.6. The fourth-order valence-corrected chi connectivity index (χ4v) is 4.52. The Labute approximate surface area is 146 Å². The lowest BCUT2D eigenvalue weighted by Crippen LogP contribution is -2.21. The van der Waals surface area contributed by atoms with Crippen molar-refractivity contribution in [2.24, 2.45) is 5.92 Å². The predicted molar refractivity (Wildman–Crippen MR) is 98.0 cm³/mol. The van der Waals surface area contributed by atoms with Crippen molar-refractivity contribution in [3.05, 3.63) is 24.3 Å². The van der Waals surface area contributed by atoms with Crippen molar-refractivity contribution in [1.82, 2.24) is 29.3 Å². The molecule has 1 saturated carbocycles. The lowest BCUT2D eigenvalue weighted by atomic mass is 9.93. The van der Waals surface area contributed by atoms with Gasteiger partial charge in [0.1, 0.15) is 5.82 Å². The van der Waals surface area contributed by atoms with Gasteiger partial charge in [-0.1, -0.05) is 39.1 Å². The maximum absolute atomic E-state index is 4.56. The number of nitrogens with zero attached hydrogens (tertiary/aromatic N) is 4. The van der Waals surface area contributed by atoms with E-state index in [2.05, 4.69) is 56.1 Å². The van der Waals surface area contributed by atoms with Crippen molar-refractivity contribution >= 4 is 28.8 Å². The van der Waals surface area contributed by atoms with E-state index in [9.17, 15) is 0 Å². The summed E-state index contributed by atoms with van der Waals surface area (Å²) in [6.07, 6.45) is 7.22. The second kappa shape index (κ2) is 6.37. The van der Waals surface area contributed by atoms with Gasteiger partial charge in [0.2, 0.25) is 0 Å². The van der Waals surface area contributed by atoms with Gasteiger partial charge in [0.25, 0.3) is 0 Å². The zero-order valence-electron chi connectivity index (χ0n) is 14.4. The minimum atomic E-state index is 0.441. The summed E-state index contributed by atoms with van der Waals surface area (Å²) in [5.74, 6) is 2.17. The summed E-state index contributed by atoms with van der Waals surface area (Å²) >= 11 is 1.84. The summed E-state index contributed by atoms with van der Waals surface area (Å²) in [4.78, 5) is 7.60. The van der Waals surface area contributed by atoms with Crippen LogP contribution in [0.15, 0.2) is 18.5 Å². The van der Waals surface area contributed by atoms with Crippen LogP contribution in [0, 0.1) is 5.92 Å². The minimum absolute atomic E-state index is 0.441. The van der Waals surface area contributed by atoms with E-state index in [1.165, 1.54) is 12.8 Å². The molecule has 128 valence electrons. The van der Waals surface area contributed by atoms with Gasteiger partial charge in [-0.2, -0.15) is 0 Å². The quantitative estimate of drug-likeness (QED) is 0.693. The molecule has 0 spiro atoms. The smallest absolute Gasteiger partial charge is 0.179 e. The van der Waals surface area contributed by atoms with Crippen molar-refractivity contribution in [3.63, 3.8) is 0 Å². The largest absolute Gasteiger partial charge is 0.345 e. The second-order valence-electron chi connectivity index (χ2n) is 6.95. The van der Waals surface area contributed by atoms with Gasteiger partial charge in [-0.15, -0.1) is 10.2 Å². The number of aromatic amines is 1. The van der Waals surface area contributed by atoms with Crippen LogP contribution in [-0.4, -0.2) is 35.9 Å². The predicted octanol–water partition coefficient (Wildman–Crippen LogP) is 3.52. The van der Waals surface area contributed by atoms with E-state index in [0.717, 1.165) is 29.1 Å². The first-order valence-electron chi connectivity index (χ1n) is 8.75. The Hall–Kier alpha value is -1.60. The van der Waals surface area contributed by atoms with Gasteiger partial charge in [-0.3, -0.25) is 9.12 Å². The van der Waals surface area contributed by atoms with E-state index < -0.39 is 0 Å². The van der Waals surface area contributed by atoms with E-state index in [1.807, 2.05) is 18.1 Å². The second-order valence-corrected chi connectivity index (χ2v) is 8.36. The van der Waals surface area contributed by atoms with Gasteiger partial charge in [0.05, 0.1) is 11.7 Å². The third kappa shape index (κ3) is 2.69. The van der Waals surface area contributed by atoms with Crippen LogP contribution in [0.1, 0.15) is 51.8 Å². The van der Waals surface area contributed by atoms with Crippen molar-refractivity contribution in [2.75, 3.05) is 0 Å². The summed E-state index contributed by atoms with van der Waals surface area (Å²) in [5.41, 5.74) is 2.79. The Morgan fingerprint density at radius 1 is 1.38 bits per heavy atom.